The summed E-state index contributed by atoms with van der Waals surface area (Å²) in [4.78, 5) is 7.44. The minimum absolute atomic E-state index is 0.251. The number of H-pyrrole nitrogens is 1. The molecule has 18 heavy (non-hydrogen) atoms. The van der Waals surface area contributed by atoms with Gasteiger partial charge < -0.3 is 15.0 Å². The topological polar surface area (TPSA) is 69.1 Å². The molecular formula is C13H11BN2O2. The number of rotatable bonds is 2. The number of nitrogens with zero attached hydrogens (tertiary/aromatic N) is 1. The monoisotopic (exact) mass is 238 g/mol. The van der Waals surface area contributed by atoms with Crippen molar-refractivity contribution >= 4 is 23.7 Å². The van der Waals surface area contributed by atoms with Crippen LogP contribution in [0.2, 0.25) is 0 Å². The Morgan fingerprint density at radius 1 is 1.00 bits per heavy atom. The van der Waals surface area contributed by atoms with E-state index in [0.717, 1.165) is 22.3 Å². The SMILES string of the molecule is OB(O)c1ccc2[nH]c(-c3ccccc3)cc2n1. The molecule has 0 atom stereocenters. The molecule has 2 heterocycles. The Morgan fingerprint density at radius 3 is 2.50 bits per heavy atom. The Morgan fingerprint density at radius 2 is 1.78 bits per heavy atom. The first-order valence-electron chi connectivity index (χ1n) is 5.65. The Bertz CT molecular complexity index is 680. The van der Waals surface area contributed by atoms with Gasteiger partial charge in [-0.3, -0.25) is 4.98 Å². The maximum Gasteiger partial charge on any atom is 0.508 e. The number of nitrogens with one attached hydrogen (secondary N) is 1. The van der Waals surface area contributed by atoms with E-state index in [-0.39, 0.29) is 5.59 Å². The predicted molar refractivity (Wildman–Crippen MR) is 71.4 cm³/mol. The molecule has 0 aliphatic rings. The highest BCUT2D eigenvalue weighted by atomic mass is 16.4. The second-order valence-corrected chi connectivity index (χ2v) is 4.09. The Balaban J connectivity index is 2.11. The highest BCUT2D eigenvalue weighted by Gasteiger charge is 2.14. The molecule has 0 aliphatic carbocycles. The summed E-state index contributed by atoms with van der Waals surface area (Å²) in [5.41, 5.74) is 3.88. The molecule has 0 bridgehead atoms. The number of hydrogen-bond donors (Lipinski definition) is 3. The lowest BCUT2D eigenvalue weighted by Crippen LogP contribution is -2.32. The van der Waals surface area contributed by atoms with Gasteiger partial charge in [0.05, 0.1) is 16.6 Å². The Kier molecular flexibility index (Phi) is 2.62. The first-order chi connectivity index (χ1) is 8.74. The Labute approximate surface area is 104 Å². The van der Waals surface area contributed by atoms with Gasteiger partial charge in [0, 0.05) is 5.69 Å². The van der Waals surface area contributed by atoms with Crippen LogP contribution in [-0.4, -0.2) is 27.1 Å². The number of pyridine rings is 1. The number of aromatic nitrogens is 2. The fourth-order valence-electron chi connectivity index (χ4n) is 1.94. The molecule has 0 radical (unpaired) electrons. The van der Waals surface area contributed by atoms with Crippen LogP contribution >= 0.6 is 0 Å². The van der Waals surface area contributed by atoms with E-state index in [2.05, 4.69) is 9.97 Å². The molecule has 0 saturated heterocycles. The summed E-state index contributed by atoms with van der Waals surface area (Å²) in [6.07, 6.45) is 0. The molecule has 0 unspecified atom stereocenters. The van der Waals surface area contributed by atoms with Gasteiger partial charge >= 0.3 is 7.12 Å². The summed E-state index contributed by atoms with van der Waals surface area (Å²) in [7, 11) is -1.54. The van der Waals surface area contributed by atoms with E-state index in [9.17, 15) is 0 Å². The summed E-state index contributed by atoms with van der Waals surface area (Å²) in [5.74, 6) is 0. The van der Waals surface area contributed by atoms with E-state index in [1.165, 1.54) is 0 Å². The third-order valence-corrected chi connectivity index (χ3v) is 2.85. The number of aromatic amines is 1. The molecule has 88 valence electrons. The predicted octanol–water partition coefficient (Wildman–Crippen LogP) is 0.910. The van der Waals surface area contributed by atoms with Crippen LogP contribution in [0.4, 0.5) is 0 Å². The maximum atomic E-state index is 9.09. The van der Waals surface area contributed by atoms with Crippen LogP contribution in [0.3, 0.4) is 0 Å². The van der Waals surface area contributed by atoms with E-state index in [1.54, 1.807) is 12.1 Å². The van der Waals surface area contributed by atoms with Gasteiger partial charge in [-0.2, -0.15) is 0 Å². The van der Waals surface area contributed by atoms with Crippen molar-refractivity contribution in [3.8, 4) is 11.3 Å². The molecular weight excluding hydrogens is 227 g/mol. The van der Waals surface area contributed by atoms with E-state index < -0.39 is 7.12 Å². The third kappa shape index (κ3) is 1.90. The molecule has 2 aromatic heterocycles. The Hall–Kier alpha value is -2.11. The van der Waals surface area contributed by atoms with Crippen LogP contribution in [0.15, 0.2) is 48.5 Å². The number of hydrogen-bond acceptors (Lipinski definition) is 3. The second-order valence-electron chi connectivity index (χ2n) is 4.09. The zero-order valence-electron chi connectivity index (χ0n) is 9.54. The normalized spacial score (nSPS) is 10.8. The van der Waals surface area contributed by atoms with Crippen molar-refractivity contribution in [1.29, 1.82) is 0 Å². The average molecular weight is 238 g/mol. The van der Waals surface area contributed by atoms with Crippen LogP contribution < -0.4 is 5.59 Å². The fourth-order valence-corrected chi connectivity index (χ4v) is 1.94. The van der Waals surface area contributed by atoms with E-state index in [0.29, 0.717) is 0 Å². The molecule has 0 saturated carbocycles. The molecule has 1 aromatic carbocycles. The van der Waals surface area contributed by atoms with Crippen molar-refractivity contribution in [3.05, 3.63) is 48.5 Å². The molecule has 0 spiro atoms. The van der Waals surface area contributed by atoms with Crippen molar-refractivity contribution < 1.29 is 10.0 Å². The van der Waals surface area contributed by atoms with Gasteiger partial charge in [0.2, 0.25) is 0 Å². The van der Waals surface area contributed by atoms with Gasteiger partial charge in [-0.15, -0.1) is 0 Å². The standard InChI is InChI=1S/C13H11BN2O2/c17-14(18)13-7-6-10-12(16-13)8-11(15-10)9-4-2-1-3-5-9/h1-8,15,17-18H. The van der Waals surface area contributed by atoms with Crippen molar-refractivity contribution in [2.45, 2.75) is 0 Å². The summed E-state index contributed by atoms with van der Waals surface area (Å²) < 4.78 is 0. The second kappa shape index (κ2) is 4.29. The van der Waals surface area contributed by atoms with Crippen molar-refractivity contribution in [2.75, 3.05) is 0 Å². The first-order valence-corrected chi connectivity index (χ1v) is 5.65. The minimum atomic E-state index is -1.54. The fraction of sp³-hybridized carbons (Fsp3) is 0. The lowest BCUT2D eigenvalue weighted by atomic mass is 9.86. The van der Waals surface area contributed by atoms with E-state index in [4.69, 9.17) is 10.0 Å². The molecule has 3 N–H and O–H groups in total. The average Bonchev–Trinajstić information content (AvgIpc) is 2.82. The minimum Gasteiger partial charge on any atom is -0.422 e. The molecule has 3 rings (SSSR count). The van der Waals surface area contributed by atoms with Gasteiger partial charge in [-0.05, 0) is 23.8 Å². The third-order valence-electron chi connectivity index (χ3n) is 2.85. The first kappa shape index (κ1) is 11.0. The van der Waals surface area contributed by atoms with E-state index in [1.807, 2.05) is 36.4 Å². The van der Waals surface area contributed by atoms with Crippen molar-refractivity contribution in [3.63, 3.8) is 0 Å². The lowest BCUT2D eigenvalue weighted by molar-refractivity contribution is 0.424. The molecule has 0 aliphatic heterocycles. The quantitative estimate of drug-likeness (QED) is 0.581. The van der Waals surface area contributed by atoms with Crippen molar-refractivity contribution in [1.82, 2.24) is 9.97 Å². The highest BCUT2D eigenvalue weighted by molar-refractivity contribution is 6.57. The summed E-state index contributed by atoms with van der Waals surface area (Å²) in [5, 5.41) is 18.2. The smallest absolute Gasteiger partial charge is 0.422 e. The molecule has 3 aromatic rings. The van der Waals surface area contributed by atoms with Gasteiger partial charge in [0.15, 0.2) is 0 Å². The number of benzene rings is 1. The van der Waals surface area contributed by atoms with Crippen LogP contribution in [0.5, 0.6) is 0 Å². The van der Waals surface area contributed by atoms with Crippen LogP contribution in [0.1, 0.15) is 0 Å². The molecule has 0 fully saturated rings. The highest BCUT2D eigenvalue weighted by Crippen LogP contribution is 2.21. The van der Waals surface area contributed by atoms with Gasteiger partial charge in [0.25, 0.3) is 0 Å². The van der Waals surface area contributed by atoms with Crippen LogP contribution in [0.25, 0.3) is 22.3 Å². The molecule has 5 heteroatoms. The molecule has 4 nitrogen and oxygen atoms in total. The largest absolute Gasteiger partial charge is 0.508 e. The van der Waals surface area contributed by atoms with E-state index >= 15 is 0 Å². The number of fused-ring (bicyclic) bond motifs is 1. The summed E-state index contributed by atoms with van der Waals surface area (Å²) in [6.45, 7) is 0. The van der Waals surface area contributed by atoms with Gasteiger partial charge in [-0.1, -0.05) is 30.3 Å². The zero-order chi connectivity index (χ0) is 12.5. The zero-order valence-corrected chi connectivity index (χ0v) is 9.54. The molecule has 0 amide bonds. The van der Waals surface area contributed by atoms with Crippen LogP contribution in [-0.2, 0) is 0 Å². The van der Waals surface area contributed by atoms with Crippen molar-refractivity contribution in [2.24, 2.45) is 0 Å². The lowest BCUT2D eigenvalue weighted by Gasteiger charge is -1.96. The van der Waals surface area contributed by atoms with Crippen LogP contribution in [0, 0.1) is 0 Å². The van der Waals surface area contributed by atoms with Gasteiger partial charge in [0.1, 0.15) is 0 Å². The summed E-state index contributed by atoms with van der Waals surface area (Å²) in [6, 6.07) is 15.2. The summed E-state index contributed by atoms with van der Waals surface area (Å²) >= 11 is 0. The van der Waals surface area contributed by atoms with Gasteiger partial charge in [-0.25, -0.2) is 0 Å². The maximum absolute atomic E-state index is 9.09.